The molecule has 7 heteroatoms. The maximum absolute atomic E-state index is 12.5. The van der Waals surface area contributed by atoms with Crippen LogP contribution in [0.1, 0.15) is 22.8 Å². The molecule has 0 spiro atoms. The van der Waals surface area contributed by atoms with Crippen molar-refractivity contribution in [1.29, 1.82) is 0 Å². The van der Waals surface area contributed by atoms with Gasteiger partial charge in [-0.15, -0.1) is 0 Å². The Hall–Kier alpha value is -3.06. The van der Waals surface area contributed by atoms with Crippen LogP contribution >= 0.6 is 0 Å². The summed E-state index contributed by atoms with van der Waals surface area (Å²) in [5.74, 6) is -0.161. The second kappa shape index (κ2) is 9.23. The summed E-state index contributed by atoms with van der Waals surface area (Å²) in [5, 5.41) is 12.1. The summed E-state index contributed by atoms with van der Waals surface area (Å²) in [7, 11) is 0. The molecule has 2 unspecified atom stereocenters. The monoisotopic (exact) mass is 384 g/mol. The number of benzene rings is 2. The summed E-state index contributed by atoms with van der Waals surface area (Å²) in [6, 6.07) is 15.4. The number of ether oxygens (including phenoxy) is 2. The molecule has 7 nitrogen and oxygen atoms in total. The third kappa shape index (κ3) is 5.23. The van der Waals surface area contributed by atoms with Crippen molar-refractivity contribution in [3.05, 3.63) is 65.7 Å². The molecule has 0 aromatic heterocycles. The summed E-state index contributed by atoms with van der Waals surface area (Å²) < 4.78 is 11.1. The minimum atomic E-state index is -0.394. The van der Waals surface area contributed by atoms with E-state index in [0.29, 0.717) is 18.7 Å². The predicted octanol–water partition coefficient (Wildman–Crippen LogP) is 2.55. The molecular formula is C21H24N2O5. The van der Waals surface area contributed by atoms with Gasteiger partial charge in [0.2, 0.25) is 0 Å². The lowest BCUT2D eigenvalue weighted by Gasteiger charge is -2.37. The number of aromatic hydroxyl groups is 1. The Kier molecular flexibility index (Phi) is 6.49. The largest absolute Gasteiger partial charge is 0.508 e. The zero-order chi connectivity index (χ0) is 19.9. The maximum Gasteiger partial charge on any atom is 0.410 e. The van der Waals surface area contributed by atoms with E-state index in [1.807, 2.05) is 37.3 Å². The van der Waals surface area contributed by atoms with Crippen LogP contribution in [-0.2, 0) is 16.1 Å². The number of hydrogen-bond donors (Lipinski definition) is 2. The van der Waals surface area contributed by atoms with Crippen LogP contribution in [0.4, 0.5) is 4.79 Å². The fraction of sp³-hybridized carbons (Fsp3) is 0.333. The van der Waals surface area contributed by atoms with Crippen molar-refractivity contribution in [3.8, 4) is 5.75 Å². The van der Waals surface area contributed by atoms with Gasteiger partial charge in [-0.3, -0.25) is 4.79 Å². The second-order valence-corrected chi connectivity index (χ2v) is 6.75. The summed E-state index contributed by atoms with van der Waals surface area (Å²) >= 11 is 0. The molecule has 0 saturated carbocycles. The molecule has 1 fully saturated rings. The van der Waals surface area contributed by atoms with Crippen LogP contribution in [0.2, 0.25) is 0 Å². The van der Waals surface area contributed by atoms with Crippen LogP contribution in [0.3, 0.4) is 0 Å². The number of nitrogens with one attached hydrogen (secondary N) is 1. The third-order valence-corrected chi connectivity index (χ3v) is 4.56. The van der Waals surface area contributed by atoms with Crippen LogP contribution in [-0.4, -0.2) is 53.8 Å². The number of morpholine rings is 1. The van der Waals surface area contributed by atoms with E-state index in [1.165, 1.54) is 12.1 Å². The topological polar surface area (TPSA) is 88.1 Å². The van der Waals surface area contributed by atoms with Gasteiger partial charge < -0.3 is 24.8 Å². The summed E-state index contributed by atoms with van der Waals surface area (Å²) in [4.78, 5) is 26.3. The van der Waals surface area contributed by atoms with Crippen molar-refractivity contribution in [2.45, 2.75) is 25.7 Å². The van der Waals surface area contributed by atoms with Crippen molar-refractivity contribution in [2.24, 2.45) is 0 Å². The van der Waals surface area contributed by atoms with Gasteiger partial charge in [0, 0.05) is 12.1 Å². The first-order valence-corrected chi connectivity index (χ1v) is 9.19. The highest BCUT2D eigenvalue weighted by atomic mass is 16.6. The Bertz CT molecular complexity index is 794. The van der Waals surface area contributed by atoms with Crippen molar-refractivity contribution < 1.29 is 24.2 Å². The van der Waals surface area contributed by atoms with E-state index in [9.17, 15) is 14.7 Å². The first-order valence-electron chi connectivity index (χ1n) is 9.19. The highest BCUT2D eigenvalue weighted by molar-refractivity contribution is 5.94. The number of phenols is 1. The maximum atomic E-state index is 12.5. The van der Waals surface area contributed by atoms with Crippen molar-refractivity contribution >= 4 is 12.0 Å². The molecule has 1 aliphatic heterocycles. The molecule has 1 saturated heterocycles. The average Bonchev–Trinajstić information content (AvgIpc) is 2.72. The Balaban J connectivity index is 1.49. The van der Waals surface area contributed by atoms with E-state index >= 15 is 0 Å². The fourth-order valence-electron chi connectivity index (χ4n) is 2.92. The van der Waals surface area contributed by atoms with Crippen molar-refractivity contribution in [1.82, 2.24) is 10.2 Å². The molecule has 148 valence electrons. The molecule has 2 atom stereocenters. The average molecular weight is 384 g/mol. The smallest absolute Gasteiger partial charge is 0.410 e. The molecule has 1 heterocycles. The van der Waals surface area contributed by atoms with Gasteiger partial charge in [0.25, 0.3) is 5.91 Å². The Morgan fingerprint density at radius 1 is 1.18 bits per heavy atom. The van der Waals surface area contributed by atoms with Gasteiger partial charge in [-0.05, 0) is 36.8 Å². The molecule has 0 aliphatic carbocycles. The van der Waals surface area contributed by atoms with Gasteiger partial charge in [0.05, 0.1) is 25.3 Å². The van der Waals surface area contributed by atoms with E-state index in [2.05, 4.69) is 5.32 Å². The molecule has 0 radical (unpaired) electrons. The molecular weight excluding hydrogens is 360 g/mol. The van der Waals surface area contributed by atoms with Gasteiger partial charge in [0.15, 0.2) is 0 Å². The zero-order valence-electron chi connectivity index (χ0n) is 15.7. The quantitative estimate of drug-likeness (QED) is 0.827. The van der Waals surface area contributed by atoms with E-state index in [1.54, 1.807) is 17.0 Å². The molecule has 28 heavy (non-hydrogen) atoms. The van der Waals surface area contributed by atoms with E-state index in [0.717, 1.165) is 5.56 Å². The van der Waals surface area contributed by atoms with Crippen LogP contribution in [0.15, 0.2) is 54.6 Å². The first-order chi connectivity index (χ1) is 13.5. The number of rotatable bonds is 5. The molecule has 1 aliphatic rings. The van der Waals surface area contributed by atoms with E-state index < -0.39 is 6.09 Å². The van der Waals surface area contributed by atoms with Crippen LogP contribution in [0.5, 0.6) is 5.75 Å². The number of amides is 2. The van der Waals surface area contributed by atoms with Crippen molar-refractivity contribution in [2.75, 3.05) is 19.7 Å². The lowest BCUT2D eigenvalue weighted by molar-refractivity contribution is -0.0524. The molecule has 0 bridgehead atoms. The number of carbonyl (C=O) groups is 2. The van der Waals surface area contributed by atoms with E-state index in [-0.39, 0.29) is 37.0 Å². The molecule has 2 amide bonds. The highest BCUT2D eigenvalue weighted by Gasteiger charge is 2.31. The minimum absolute atomic E-state index is 0.103. The predicted molar refractivity (Wildman–Crippen MR) is 103 cm³/mol. The van der Waals surface area contributed by atoms with Gasteiger partial charge in [0.1, 0.15) is 12.4 Å². The first kappa shape index (κ1) is 19.7. The number of phenolic OH excluding ortho intramolecular Hbond substituents is 1. The number of nitrogens with zero attached hydrogens (tertiary/aromatic N) is 1. The second-order valence-electron chi connectivity index (χ2n) is 6.75. The van der Waals surface area contributed by atoms with Gasteiger partial charge in [-0.2, -0.15) is 0 Å². The zero-order valence-corrected chi connectivity index (χ0v) is 15.7. The molecule has 2 aromatic carbocycles. The Morgan fingerprint density at radius 3 is 2.61 bits per heavy atom. The lowest BCUT2D eigenvalue weighted by Crippen LogP contribution is -2.53. The normalized spacial score (nSPS) is 19.1. The van der Waals surface area contributed by atoms with Gasteiger partial charge >= 0.3 is 6.09 Å². The third-order valence-electron chi connectivity index (χ3n) is 4.56. The minimum Gasteiger partial charge on any atom is -0.508 e. The Morgan fingerprint density at radius 2 is 1.89 bits per heavy atom. The van der Waals surface area contributed by atoms with Crippen LogP contribution < -0.4 is 5.32 Å². The van der Waals surface area contributed by atoms with Crippen LogP contribution in [0, 0.1) is 0 Å². The fourth-order valence-corrected chi connectivity index (χ4v) is 2.92. The summed E-state index contributed by atoms with van der Waals surface area (Å²) in [6.07, 6.45) is -0.712. The highest BCUT2D eigenvalue weighted by Crippen LogP contribution is 2.14. The Labute approximate surface area is 163 Å². The van der Waals surface area contributed by atoms with E-state index in [4.69, 9.17) is 9.47 Å². The number of hydrogen-bond acceptors (Lipinski definition) is 5. The van der Waals surface area contributed by atoms with Gasteiger partial charge in [-0.25, -0.2) is 4.79 Å². The lowest BCUT2D eigenvalue weighted by atomic mass is 10.2. The van der Waals surface area contributed by atoms with Gasteiger partial charge in [-0.1, -0.05) is 30.3 Å². The summed E-state index contributed by atoms with van der Waals surface area (Å²) in [5.41, 5.74) is 1.37. The van der Waals surface area contributed by atoms with Crippen LogP contribution in [0.25, 0.3) is 0 Å². The molecule has 2 N–H and O–H groups in total. The standard InChI is InChI=1S/C21H24N2O5/c1-15-13-27-19(11-22-20(25)17-7-9-18(24)10-8-17)12-23(15)21(26)28-14-16-5-3-2-4-6-16/h2-10,15,19,24H,11-14H2,1H3,(H,22,25). The molecule has 2 aromatic rings. The van der Waals surface area contributed by atoms with Crippen molar-refractivity contribution in [3.63, 3.8) is 0 Å². The number of carbonyl (C=O) groups excluding carboxylic acids is 2. The summed E-state index contributed by atoms with van der Waals surface area (Å²) in [6.45, 7) is 3.10. The SMILES string of the molecule is CC1COC(CNC(=O)c2ccc(O)cc2)CN1C(=O)OCc1ccccc1. The molecule has 3 rings (SSSR count).